The number of carbonyl (C=O) groups excluding carboxylic acids is 1. The fourth-order valence-electron chi connectivity index (χ4n) is 1.82. The van der Waals surface area contributed by atoms with Crippen molar-refractivity contribution in [3.05, 3.63) is 0 Å². The molecule has 0 bridgehead atoms. The Labute approximate surface area is 70.5 Å². The highest BCUT2D eigenvalue weighted by Crippen LogP contribution is 2.49. The molecule has 0 aromatic heterocycles. The van der Waals surface area contributed by atoms with Gasteiger partial charge in [-0.15, -0.1) is 0 Å². The number of fused-ring (bicyclic) bond motifs is 1. The van der Waals surface area contributed by atoms with Crippen LogP contribution in [0.15, 0.2) is 0 Å². The van der Waals surface area contributed by atoms with Crippen LogP contribution in [0.3, 0.4) is 0 Å². The van der Waals surface area contributed by atoms with Gasteiger partial charge in [-0.05, 0) is 13.3 Å². The molecule has 12 heavy (non-hydrogen) atoms. The van der Waals surface area contributed by atoms with E-state index in [0.717, 1.165) is 0 Å². The minimum Gasteiger partial charge on any atom is -0.457 e. The topological polar surface area (TPSA) is 59.1 Å². The number of esters is 1. The highest BCUT2D eigenvalue weighted by Gasteiger charge is 2.75. The average molecular weight is 172 g/mol. The summed E-state index contributed by atoms with van der Waals surface area (Å²) >= 11 is 0. The largest absolute Gasteiger partial charge is 0.457 e. The lowest BCUT2D eigenvalue weighted by Gasteiger charge is -2.12. The molecule has 2 aliphatic rings. The molecule has 1 unspecified atom stereocenters. The van der Waals surface area contributed by atoms with Crippen molar-refractivity contribution in [3.8, 4) is 0 Å². The Morgan fingerprint density at radius 2 is 2.42 bits per heavy atom. The number of aliphatic hydroxyl groups is 1. The van der Waals surface area contributed by atoms with Crippen molar-refractivity contribution in [1.29, 1.82) is 0 Å². The summed E-state index contributed by atoms with van der Waals surface area (Å²) in [5.74, 6) is -0.408. The van der Waals surface area contributed by atoms with E-state index < -0.39 is 17.7 Å². The summed E-state index contributed by atoms with van der Waals surface area (Å²) in [5, 5.41) is 9.52. The van der Waals surface area contributed by atoms with Gasteiger partial charge in [-0.1, -0.05) is 6.92 Å². The van der Waals surface area contributed by atoms with Crippen LogP contribution in [-0.2, 0) is 14.3 Å². The number of cyclic esters (lactones) is 1. The second-order valence-electron chi connectivity index (χ2n) is 3.37. The van der Waals surface area contributed by atoms with E-state index in [0.29, 0.717) is 6.42 Å². The Kier molecular flexibility index (Phi) is 1.47. The van der Waals surface area contributed by atoms with Gasteiger partial charge in [0.25, 0.3) is 0 Å². The van der Waals surface area contributed by atoms with E-state index in [9.17, 15) is 9.90 Å². The molecule has 2 heterocycles. The SMILES string of the molecule is CCC(O)[C@]12O[C@H]1[C@H](C)OC2=O. The van der Waals surface area contributed by atoms with Crippen LogP contribution in [0.1, 0.15) is 20.3 Å². The van der Waals surface area contributed by atoms with Gasteiger partial charge in [0.2, 0.25) is 5.60 Å². The van der Waals surface area contributed by atoms with Gasteiger partial charge in [0.1, 0.15) is 12.2 Å². The van der Waals surface area contributed by atoms with Crippen molar-refractivity contribution in [2.75, 3.05) is 0 Å². The van der Waals surface area contributed by atoms with Crippen molar-refractivity contribution in [3.63, 3.8) is 0 Å². The smallest absolute Gasteiger partial charge is 0.344 e. The molecule has 2 saturated heterocycles. The number of aliphatic hydroxyl groups excluding tert-OH is 1. The molecule has 0 aromatic carbocycles. The summed E-state index contributed by atoms with van der Waals surface area (Å²) < 4.78 is 10.1. The van der Waals surface area contributed by atoms with Crippen molar-refractivity contribution < 1.29 is 19.4 Å². The zero-order valence-corrected chi connectivity index (χ0v) is 7.11. The molecule has 0 amide bonds. The molecule has 2 aliphatic heterocycles. The van der Waals surface area contributed by atoms with Gasteiger partial charge < -0.3 is 14.6 Å². The number of ether oxygens (including phenoxy) is 2. The van der Waals surface area contributed by atoms with E-state index in [1.165, 1.54) is 0 Å². The van der Waals surface area contributed by atoms with Crippen LogP contribution in [0.25, 0.3) is 0 Å². The zero-order valence-electron chi connectivity index (χ0n) is 7.11. The van der Waals surface area contributed by atoms with E-state index in [4.69, 9.17) is 9.47 Å². The van der Waals surface area contributed by atoms with E-state index in [1.807, 2.05) is 6.92 Å². The maximum atomic E-state index is 11.2. The van der Waals surface area contributed by atoms with Crippen LogP contribution in [0.4, 0.5) is 0 Å². The predicted octanol–water partition coefficient (Wildman–Crippen LogP) is -0.160. The summed E-state index contributed by atoms with van der Waals surface area (Å²) in [5.41, 5.74) is -1.01. The second-order valence-corrected chi connectivity index (χ2v) is 3.37. The molecule has 68 valence electrons. The first-order chi connectivity index (χ1) is 5.63. The fraction of sp³-hybridized carbons (Fsp3) is 0.875. The first-order valence-electron chi connectivity index (χ1n) is 4.20. The minimum atomic E-state index is -1.01. The summed E-state index contributed by atoms with van der Waals surface area (Å²) in [6, 6.07) is 0. The lowest BCUT2D eigenvalue weighted by atomic mass is 9.97. The van der Waals surface area contributed by atoms with Crippen LogP contribution < -0.4 is 0 Å². The van der Waals surface area contributed by atoms with Crippen molar-refractivity contribution in [1.82, 2.24) is 0 Å². The van der Waals surface area contributed by atoms with Gasteiger partial charge in [0, 0.05) is 0 Å². The molecule has 4 nitrogen and oxygen atoms in total. The maximum absolute atomic E-state index is 11.2. The lowest BCUT2D eigenvalue weighted by molar-refractivity contribution is -0.157. The molecule has 1 N–H and O–H groups in total. The van der Waals surface area contributed by atoms with Gasteiger partial charge in [-0.2, -0.15) is 0 Å². The summed E-state index contributed by atoms with van der Waals surface area (Å²) in [6.07, 6.45) is -0.642. The van der Waals surface area contributed by atoms with E-state index in [-0.39, 0.29) is 12.2 Å². The number of epoxide rings is 1. The van der Waals surface area contributed by atoms with Crippen LogP contribution in [0, 0.1) is 0 Å². The first kappa shape index (κ1) is 8.01. The van der Waals surface area contributed by atoms with Crippen molar-refractivity contribution in [2.24, 2.45) is 0 Å². The van der Waals surface area contributed by atoms with Crippen molar-refractivity contribution in [2.45, 2.75) is 44.2 Å². The Bertz CT molecular complexity index is 223. The third-order valence-electron chi connectivity index (χ3n) is 2.61. The number of carbonyl (C=O) groups is 1. The van der Waals surface area contributed by atoms with Crippen molar-refractivity contribution >= 4 is 5.97 Å². The van der Waals surface area contributed by atoms with Crippen LogP contribution in [0.5, 0.6) is 0 Å². The Hall–Kier alpha value is -0.610. The highest BCUT2D eigenvalue weighted by molar-refractivity contribution is 5.87. The van der Waals surface area contributed by atoms with Gasteiger partial charge >= 0.3 is 5.97 Å². The van der Waals surface area contributed by atoms with Crippen LogP contribution in [-0.4, -0.2) is 35.0 Å². The monoisotopic (exact) mass is 172 g/mol. The Morgan fingerprint density at radius 3 is 2.75 bits per heavy atom. The molecule has 0 aromatic rings. The van der Waals surface area contributed by atoms with E-state index in [1.54, 1.807) is 6.92 Å². The first-order valence-corrected chi connectivity index (χ1v) is 4.20. The summed E-state index contributed by atoms with van der Waals surface area (Å²) in [6.45, 7) is 3.59. The number of hydrogen-bond donors (Lipinski definition) is 1. The molecule has 0 saturated carbocycles. The Morgan fingerprint density at radius 1 is 1.75 bits per heavy atom. The maximum Gasteiger partial charge on any atom is 0.344 e. The van der Waals surface area contributed by atoms with Crippen LogP contribution in [0.2, 0.25) is 0 Å². The molecule has 0 spiro atoms. The predicted molar refractivity (Wildman–Crippen MR) is 39.5 cm³/mol. The van der Waals surface area contributed by atoms with E-state index >= 15 is 0 Å². The third kappa shape index (κ3) is 0.716. The summed E-state index contributed by atoms with van der Waals surface area (Å²) in [7, 11) is 0. The molecule has 0 aliphatic carbocycles. The normalized spacial score (nSPS) is 46.8. The molecular weight excluding hydrogens is 160 g/mol. The molecule has 2 fully saturated rings. The van der Waals surface area contributed by atoms with Crippen LogP contribution >= 0.6 is 0 Å². The standard InChI is InChI=1S/C8H12O4/c1-3-5(9)8-6(12-8)4(2)11-7(8)10/h4-6,9H,3H2,1-2H3/t4-,5?,6-,8-/m0/s1. The van der Waals surface area contributed by atoms with Gasteiger partial charge in [-0.3, -0.25) is 0 Å². The quantitative estimate of drug-likeness (QED) is 0.464. The molecular formula is C8H12O4. The number of rotatable bonds is 2. The zero-order chi connectivity index (χ0) is 8.93. The lowest BCUT2D eigenvalue weighted by Crippen LogP contribution is -2.36. The minimum absolute atomic E-state index is 0.210. The molecule has 0 radical (unpaired) electrons. The van der Waals surface area contributed by atoms with Gasteiger partial charge in [0.15, 0.2) is 0 Å². The average Bonchev–Trinajstić information content (AvgIpc) is 2.73. The van der Waals surface area contributed by atoms with Gasteiger partial charge in [-0.25, -0.2) is 4.79 Å². The fourth-order valence-corrected chi connectivity index (χ4v) is 1.82. The molecule has 4 heteroatoms. The molecule has 4 atom stereocenters. The number of hydrogen-bond acceptors (Lipinski definition) is 4. The highest BCUT2D eigenvalue weighted by atomic mass is 16.7. The third-order valence-corrected chi connectivity index (χ3v) is 2.61. The second kappa shape index (κ2) is 2.20. The van der Waals surface area contributed by atoms with Gasteiger partial charge in [0.05, 0.1) is 6.10 Å². The molecule has 2 rings (SSSR count). The summed E-state index contributed by atoms with van der Waals surface area (Å²) in [4.78, 5) is 11.2. The Balaban J connectivity index is 2.20. The van der Waals surface area contributed by atoms with E-state index in [2.05, 4.69) is 0 Å².